The second-order valence-electron chi connectivity index (χ2n) is 4.31. The largest absolute Gasteiger partial charge is 0.292 e. The molecule has 0 amide bonds. The zero-order valence-electron chi connectivity index (χ0n) is 11.3. The third-order valence-electron chi connectivity index (χ3n) is 3.15. The highest BCUT2D eigenvalue weighted by molar-refractivity contribution is 9.10. The SMILES string of the molecule is CCC(=O)c1nnn(-c2cccc(Br)c2C)c1CC. The summed E-state index contributed by atoms with van der Waals surface area (Å²) in [5.74, 6) is 0.0377. The van der Waals surface area contributed by atoms with Crippen LogP contribution in [0.15, 0.2) is 22.7 Å². The number of rotatable bonds is 4. The van der Waals surface area contributed by atoms with E-state index in [1.54, 1.807) is 4.68 Å². The maximum atomic E-state index is 11.9. The van der Waals surface area contributed by atoms with E-state index in [1.165, 1.54) is 0 Å². The Morgan fingerprint density at radius 3 is 2.74 bits per heavy atom. The Hall–Kier alpha value is -1.49. The average molecular weight is 322 g/mol. The molecule has 0 aliphatic carbocycles. The second kappa shape index (κ2) is 5.65. The summed E-state index contributed by atoms with van der Waals surface area (Å²) in [6, 6.07) is 5.92. The van der Waals surface area contributed by atoms with Gasteiger partial charge >= 0.3 is 0 Å². The summed E-state index contributed by atoms with van der Waals surface area (Å²) in [5.41, 5.74) is 3.39. The fourth-order valence-corrected chi connectivity index (χ4v) is 2.38. The molecule has 0 aliphatic heterocycles. The fraction of sp³-hybridized carbons (Fsp3) is 0.357. The number of nitrogens with zero attached hydrogens (tertiary/aromatic N) is 3. The quantitative estimate of drug-likeness (QED) is 0.810. The summed E-state index contributed by atoms with van der Waals surface area (Å²) in [6.45, 7) is 5.86. The van der Waals surface area contributed by atoms with Crippen LogP contribution in [-0.2, 0) is 6.42 Å². The Bertz CT molecular complexity index is 619. The molecule has 0 N–H and O–H groups in total. The van der Waals surface area contributed by atoms with E-state index in [2.05, 4.69) is 26.2 Å². The van der Waals surface area contributed by atoms with E-state index in [-0.39, 0.29) is 5.78 Å². The van der Waals surface area contributed by atoms with Gasteiger partial charge < -0.3 is 0 Å². The van der Waals surface area contributed by atoms with Crippen molar-refractivity contribution in [3.05, 3.63) is 39.6 Å². The van der Waals surface area contributed by atoms with Crippen molar-refractivity contribution in [3.63, 3.8) is 0 Å². The summed E-state index contributed by atoms with van der Waals surface area (Å²) in [4.78, 5) is 11.9. The number of benzene rings is 1. The Kier molecular flexibility index (Phi) is 4.14. The van der Waals surface area contributed by atoms with Gasteiger partial charge in [0.25, 0.3) is 0 Å². The summed E-state index contributed by atoms with van der Waals surface area (Å²) in [6.07, 6.45) is 1.17. The van der Waals surface area contributed by atoms with Gasteiger partial charge in [0.1, 0.15) is 0 Å². The van der Waals surface area contributed by atoms with Crippen LogP contribution in [0.5, 0.6) is 0 Å². The zero-order chi connectivity index (χ0) is 14.0. The van der Waals surface area contributed by atoms with Gasteiger partial charge in [-0.1, -0.05) is 41.1 Å². The van der Waals surface area contributed by atoms with Crippen LogP contribution in [0.1, 0.15) is 42.0 Å². The highest BCUT2D eigenvalue weighted by Crippen LogP contribution is 2.24. The number of halogens is 1. The molecule has 0 saturated heterocycles. The molecule has 0 unspecified atom stereocenters. The van der Waals surface area contributed by atoms with Crippen LogP contribution in [0.4, 0.5) is 0 Å². The number of aromatic nitrogens is 3. The molecular formula is C14H16BrN3O. The van der Waals surface area contributed by atoms with Crippen LogP contribution in [-0.4, -0.2) is 20.8 Å². The van der Waals surface area contributed by atoms with Gasteiger partial charge in [-0.2, -0.15) is 0 Å². The summed E-state index contributed by atoms with van der Waals surface area (Å²) in [7, 11) is 0. The van der Waals surface area contributed by atoms with Gasteiger partial charge in [0.2, 0.25) is 0 Å². The number of hydrogen-bond acceptors (Lipinski definition) is 3. The molecule has 2 aromatic rings. The molecule has 5 heteroatoms. The molecule has 1 aromatic heterocycles. The minimum Gasteiger partial charge on any atom is -0.292 e. The van der Waals surface area contributed by atoms with Crippen molar-refractivity contribution in [2.75, 3.05) is 0 Å². The fourth-order valence-electron chi connectivity index (χ4n) is 2.02. The number of hydrogen-bond donors (Lipinski definition) is 0. The maximum Gasteiger partial charge on any atom is 0.184 e. The Balaban J connectivity index is 2.60. The van der Waals surface area contributed by atoms with Gasteiger partial charge in [-0.05, 0) is 31.0 Å². The second-order valence-corrected chi connectivity index (χ2v) is 5.17. The van der Waals surface area contributed by atoms with Crippen molar-refractivity contribution in [1.82, 2.24) is 15.0 Å². The lowest BCUT2D eigenvalue weighted by molar-refractivity contribution is 0.0982. The van der Waals surface area contributed by atoms with Crippen LogP contribution in [0.25, 0.3) is 5.69 Å². The van der Waals surface area contributed by atoms with E-state index in [9.17, 15) is 4.79 Å². The van der Waals surface area contributed by atoms with Crippen molar-refractivity contribution in [2.24, 2.45) is 0 Å². The first kappa shape index (κ1) is 13.9. The first-order valence-electron chi connectivity index (χ1n) is 6.33. The van der Waals surface area contributed by atoms with E-state index in [0.717, 1.165) is 27.8 Å². The minimum atomic E-state index is 0.0377. The van der Waals surface area contributed by atoms with Gasteiger partial charge in [0.15, 0.2) is 11.5 Å². The van der Waals surface area contributed by atoms with Crippen LogP contribution in [0.3, 0.4) is 0 Å². The van der Waals surface area contributed by atoms with Gasteiger partial charge in [0.05, 0.1) is 11.4 Å². The molecule has 19 heavy (non-hydrogen) atoms. The monoisotopic (exact) mass is 321 g/mol. The van der Waals surface area contributed by atoms with Crippen molar-refractivity contribution >= 4 is 21.7 Å². The van der Waals surface area contributed by atoms with Crippen molar-refractivity contribution in [1.29, 1.82) is 0 Å². The average Bonchev–Trinajstić information content (AvgIpc) is 2.84. The van der Waals surface area contributed by atoms with Crippen molar-refractivity contribution in [2.45, 2.75) is 33.6 Å². The topological polar surface area (TPSA) is 47.8 Å². The first-order valence-corrected chi connectivity index (χ1v) is 7.12. The molecular weight excluding hydrogens is 306 g/mol. The van der Waals surface area contributed by atoms with Crippen molar-refractivity contribution in [3.8, 4) is 5.69 Å². The smallest absolute Gasteiger partial charge is 0.184 e. The van der Waals surface area contributed by atoms with E-state index >= 15 is 0 Å². The lowest BCUT2D eigenvalue weighted by Gasteiger charge is -2.09. The molecule has 0 radical (unpaired) electrons. The standard InChI is InChI=1S/C14H16BrN3O/c1-4-11-14(13(19)5-2)16-17-18(11)12-8-6-7-10(15)9(12)3/h6-8H,4-5H2,1-3H3. The van der Waals surface area contributed by atoms with E-state index in [0.29, 0.717) is 12.1 Å². The van der Waals surface area contributed by atoms with E-state index < -0.39 is 0 Å². The van der Waals surface area contributed by atoms with Crippen LogP contribution in [0.2, 0.25) is 0 Å². The molecule has 0 atom stereocenters. The lowest BCUT2D eigenvalue weighted by atomic mass is 10.1. The van der Waals surface area contributed by atoms with E-state index in [1.807, 2.05) is 39.0 Å². The number of carbonyl (C=O) groups is 1. The molecule has 1 heterocycles. The number of ketones is 1. The molecule has 2 rings (SSSR count). The highest BCUT2D eigenvalue weighted by Gasteiger charge is 2.18. The number of carbonyl (C=O) groups excluding carboxylic acids is 1. The Morgan fingerprint density at radius 2 is 2.11 bits per heavy atom. The van der Waals surface area contributed by atoms with Gasteiger partial charge in [-0.15, -0.1) is 5.10 Å². The molecule has 0 fully saturated rings. The molecule has 0 saturated carbocycles. The van der Waals surface area contributed by atoms with Crippen LogP contribution < -0.4 is 0 Å². The molecule has 0 aliphatic rings. The molecule has 0 spiro atoms. The Morgan fingerprint density at radius 1 is 1.37 bits per heavy atom. The van der Waals surface area contributed by atoms with Gasteiger partial charge in [-0.25, -0.2) is 4.68 Å². The zero-order valence-corrected chi connectivity index (χ0v) is 12.9. The van der Waals surface area contributed by atoms with Gasteiger partial charge in [0, 0.05) is 10.9 Å². The van der Waals surface area contributed by atoms with E-state index in [4.69, 9.17) is 0 Å². The molecule has 1 aromatic carbocycles. The number of Topliss-reactive ketones (excluding diaryl/α,β-unsaturated/α-hetero) is 1. The Labute approximate surface area is 121 Å². The summed E-state index contributed by atoms with van der Waals surface area (Å²) in [5, 5.41) is 8.21. The summed E-state index contributed by atoms with van der Waals surface area (Å²) < 4.78 is 2.79. The minimum absolute atomic E-state index is 0.0377. The molecule has 0 bridgehead atoms. The maximum absolute atomic E-state index is 11.9. The summed E-state index contributed by atoms with van der Waals surface area (Å²) >= 11 is 3.51. The predicted molar refractivity (Wildman–Crippen MR) is 77.8 cm³/mol. The van der Waals surface area contributed by atoms with Crippen molar-refractivity contribution < 1.29 is 4.79 Å². The van der Waals surface area contributed by atoms with Crippen LogP contribution >= 0.6 is 15.9 Å². The van der Waals surface area contributed by atoms with Crippen LogP contribution in [0, 0.1) is 6.92 Å². The molecule has 4 nitrogen and oxygen atoms in total. The van der Waals surface area contributed by atoms with Gasteiger partial charge in [-0.3, -0.25) is 4.79 Å². The predicted octanol–water partition coefficient (Wildman–Crippen LogP) is 3.49. The highest BCUT2D eigenvalue weighted by atomic mass is 79.9. The lowest BCUT2D eigenvalue weighted by Crippen LogP contribution is -2.07. The first-order chi connectivity index (χ1) is 9.10. The third-order valence-corrected chi connectivity index (χ3v) is 4.01. The normalized spacial score (nSPS) is 10.7. The third kappa shape index (κ3) is 2.47. The molecule has 100 valence electrons.